The molecular formula is C18H25N3. The number of rotatable bonds is 3. The molecule has 2 unspecified atom stereocenters. The summed E-state index contributed by atoms with van der Waals surface area (Å²) >= 11 is 0. The molecule has 3 nitrogen and oxygen atoms in total. The fourth-order valence-corrected chi connectivity index (χ4v) is 3.47. The summed E-state index contributed by atoms with van der Waals surface area (Å²) in [7, 11) is 0. The zero-order valence-corrected chi connectivity index (χ0v) is 13.3. The van der Waals surface area contributed by atoms with Crippen molar-refractivity contribution in [3.63, 3.8) is 0 Å². The molecule has 3 heteroatoms. The van der Waals surface area contributed by atoms with Crippen molar-refractivity contribution >= 4 is 0 Å². The van der Waals surface area contributed by atoms with Crippen LogP contribution in [-0.4, -0.2) is 9.55 Å². The average Bonchev–Trinajstić information content (AvgIpc) is 2.82. The van der Waals surface area contributed by atoms with E-state index in [0.717, 1.165) is 18.7 Å². The third-order valence-electron chi connectivity index (χ3n) is 4.74. The lowest BCUT2D eigenvalue weighted by Gasteiger charge is -2.26. The van der Waals surface area contributed by atoms with Crippen molar-refractivity contribution in [3.05, 3.63) is 52.6 Å². The number of fused-ring (bicyclic) bond motifs is 1. The van der Waals surface area contributed by atoms with E-state index in [1.807, 2.05) is 0 Å². The van der Waals surface area contributed by atoms with Gasteiger partial charge in [0.25, 0.3) is 0 Å². The second-order valence-corrected chi connectivity index (χ2v) is 6.31. The Hall–Kier alpha value is -1.61. The van der Waals surface area contributed by atoms with Gasteiger partial charge < -0.3 is 10.3 Å². The predicted octanol–water partition coefficient (Wildman–Crippen LogP) is 3.64. The fraction of sp³-hybridized carbons (Fsp3) is 0.500. The van der Waals surface area contributed by atoms with E-state index in [9.17, 15) is 0 Å². The number of imidazole rings is 1. The number of benzene rings is 1. The highest BCUT2D eigenvalue weighted by atomic mass is 15.1. The highest BCUT2D eigenvalue weighted by molar-refractivity contribution is 5.26. The number of hydrogen-bond acceptors (Lipinski definition) is 2. The van der Waals surface area contributed by atoms with E-state index >= 15 is 0 Å². The van der Waals surface area contributed by atoms with Crippen molar-refractivity contribution < 1.29 is 0 Å². The zero-order valence-electron chi connectivity index (χ0n) is 13.3. The Morgan fingerprint density at radius 3 is 2.48 bits per heavy atom. The van der Waals surface area contributed by atoms with E-state index in [4.69, 9.17) is 10.7 Å². The van der Waals surface area contributed by atoms with E-state index in [0.29, 0.717) is 0 Å². The van der Waals surface area contributed by atoms with Crippen molar-refractivity contribution in [2.45, 2.75) is 58.5 Å². The molecule has 0 saturated carbocycles. The van der Waals surface area contributed by atoms with Gasteiger partial charge in [-0.25, -0.2) is 4.98 Å². The van der Waals surface area contributed by atoms with Crippen LogP contribution in [0.5, 0.6) is 0 Å². The quantitative estimate of drug-likeness (QED) is 0.934. The standard InChI is InChI=1S/C18H25N3/c1-12-8-10-15(11-9-12)18(19)13(2)21-14(3)20-16-6-4-5-7-17(16)21/h8-11,13,18H,4-7,19H2,1-3H3. The van der Waals surface area contributed by atoms with Crippen LogP contribution in [0.2, 0.25) is 0 Å². The maximum atomic E-state index is 6.53. The van der Waals surface area contributed by atoms with E-state index in [1.165, 1.54) is 35.4 Å². The van der Waals surface area contributed by atoms with Crippen LogP contribution in [0.25, 0.3) is 0 Å². The van der Waals surface area contributed by atoms with Crippen LogP contribution in [0.15, 0.2) is 24.3 Å². The number of nitrogens with two attached hydrogens (primary N) is 1. The maximum absolute atomic E-state index is 6.53. The van der Waals surface area contributed by atoms with Crippen molar-refractivity contribution in [1.29, 1.82) is 0 Å². The lowest BCUT2D eigenvalue weighted by atomic mass is 9.97. The van der Waals surface area contributed by atoms with Gasteiger partial charge in [0, 0.05) is 5.69 Å². The highest BCUT2D eigenvalue weighted by Crippen LogP contribution is 2.31. The molecular weight excluding hydrogens is 258 g/mol. The molecule has 2 atom stereocenters. The van der Waals surface area contributed by atoms with Crippen molar-refractivity contribution in [2.75, 3.05) is 0 Å². The molecule has 2 N–H and O–H groups in total. The van der Waals surface area contributed by atoms with Crippen LogP contribution in [0.3, 0.4) is 0 Å². The van der Waals surface area contributed by atoms with Crippen molar-refractivity contribution in [3.8, 4) is 0 Å². The Balaban J connectivity index is 1.93. The molecule has 0 fully saturated rings. The smallest absolute Gasteiger partial charge is 0.106 e. The first kappa shape index (κ1) is 14.3. The molecule has 21 heavy (non-hydrogen) atoms. The van der Waals surface area contributed by atoms with Crippen LogP contribution in [0, 0.1) is 13.8 Å². The molecule has 1 aliphatic rings. The van der Waals surface area contributed by atoms with Gasteiger partial charge in [0.2, 0.25) is 0 Å². The topological polar surface area (TPSA) is 43.8 Å². The molecule has 0 amide bonds. The summed E-state index contributed by atoms with van der Waals surface area (Å²) in [5.41, 5.74) is 11.7. The average molecular weight is 283 g/mol. The third kappa shape index (κ3) is 2.62. The van der Waals surface area contributed by atoms with Crippen LogP contribution in [0.1, 0.15) is 60.2 Å². The summed E-state index contributed by atoms with van der Waals surface area (Å²) < 4.78 is 2.37. The first-order chi connectivity index (χ1) is 10.1. The van der Waals surface area contributed by atoms with Crippen molar-refractivity contribution in [2.24, 2.45) is 5.73 Å². The lowest BCUT2D eigenvalue weighted by Crippen LogP contribution is -2.25. The van der Waals surface area contributed by atoms with Crippen LogP contribution in [-0.2, 0) is 12.8 Å². The van der Waals surface area contributed by atoms with Gasteiger partial charge in [0.1, 0.15) is 5.82 Å². The number of nitrogens with zero attached hydrogens (tertiary/aromatic N) is 2. The molecule has 1 aromatic carbocycles. The first-order valence-corrected chi connectivity index (χ1v) is 7.96. The van der Waals surface area contributed by atoms with Gasteiger partial charge in [-0.1, -0.05) is 29.8 Å². The van der Waals surface area contributed by atoms with E-state index in [1.54, 1.807) is 0 Å². The van der Waals surface area contributed by atoms with Gasteiger partial charge in [-0.15, -0.1) is 0 Å². The largest absolute Gasteiger partial charge is 0.327 e. The molecule has 1 aromatic heterocycles. The van der Waals surface area contributed by atoms with Gasteiger partial charge in [0.15, 0.2) is 0 Å². The first-order valence-electron chi connectivity index (χ1n) is 7.96. The predicted molar refractivity (Wildman–Crippen MR) is 86.4 cm³/mol. The van der Waals surface area contributed by atoms with Gasteiger partial charge in [-0.05, 0) is 52.0 Å². The Morgan fingerprint density at radius 1 is 1.10 bits per heavy atom. The maximum Gasteiger partial charge on any atom is 0.106 e. The van der Waals surface area contributed by atoms with Crippen LogP contribution < -0.4 is 5.73 Å². The van der Waals surface area contributed by atoms with Gasteiger partial charge in [-0.3, -0.25) is 0 Å². The molecule has 2 aromatic rings. The Kier molecular flexibility index (Phi) is 3.85. The number of hydrogen-bond donors (Lipinski definition) is 1. The summed E-state index contributed by atoms with van der Waals surface area (Å²) in [6, 6.07) is 8.81. The summed E-state index contributed by atoms with van der Waals surface area (Å²) in [6.07, 6.45) is 4.79. The number of aryl methyl sites for hydroxylation is 3. The minimum absolute atomic E-state index is 0.00419. The van der Waals surface area contributed by atoms with E-state index in [2.05, 4.69) is 49.6 Å². The Morgan fingerprint density at radius 2 is 1.76 bits per heavy atom. The molecule has 0 spiro atoms. The summed E-state index contributed by atoms with van der Waals surface area (Å²) in [5.74, 6) is 1.11. The second-order valence-electron chi connectivity index (χ2n) is 6.31. The van der Waals surface area contributed by atoms with Crippen molar-refractivity contribution in [1.82, 2.24) is 9.55 Å². The monoisotopic (exact) mass is 283 g/mol. The van der Waals surface area contributed by atoms with Crippen LogP contribution >= 0.6 is 0 Å². The minimum atomic E-state index is 0.00419. The molecule has 0 bridgehead atoms. The minimum Gasteiger partial charge on any atom is -0.327 e. The highest BCUT2D eigenvalue weighted by Gasteiger charge is 2.25. The summed E-state index contributed by atoms with van der Waals surface area (Å²) in [6.45, 7) is 6.43. The molecule has 3 rings (SSSR count). The summed E-state index contributed by atoms with van der Waals surface area (Å²) in [4.78, 5) is 4.77. The Bertz CT molecular complexity index is 625. The molecule has 112 valence electrons. The SMILES string of the molecule is Cc1ccc(C(N)C(C)n2c(C)nc3c2CCCC3)cc1. The molecule has 0 radical (unpaired) electrons. The molecule has 1 heterocycles. The molecule has 0 saturated heterocycles. The van der Waals surface area contributed by atoms with Gasteiger partial charge in [-0.2, -0.15) is 0 Å². The normalized spacial score (nSPS) is 17.3. The zero-order chi connectivity index (χ0) is 15.0. The van der Waals surface area contributed by atoms with E-state index in [-0.39, 0.29) is 12.1 Å². The van der Waals surface area contributed by atoms with Gasteiger partial charge >= 0.3 is 0 Å². The number of aromatic nitrogens is 2. The molecule has 0 aliphatic heterocycles. The second kappa shape index (κ2) is 5.64. The van der Waals surface area contributed by atoms with E-state index < -0.39 is 0 Å². The fourth-order valence-electron chi connectivity index (χ4n) is 3.47. The molecule has 1 aliphatic carbocycles. The lowest BCUT2D eigenvalue weighted by molar-refractivity contribution is 0.427. The van der Waals surface area contributed by atoms with Gasteiger partial charge in [0.05, 0.1) is 17.8 Å². The summed E-state index contributed by atoms with van der Waals surface area (Å²) in [5, 5.41) is 0. The van der Waals surface area contributed by atoms with Crippen LogP contribution in [0.4, 0.5) is 0 Å². The Labute approximate surface area is 127 Å². The third-order valence-corrected chi connectivity index (χ3v) is 4.74.